The van der Waals surface area contributed by atoms with Gasteiger partial charge in [0.1, 0.15) is 5.78 Å². The van der Waals surface area contributed by atoms with Gasteiger partial charge in [0.25, 0.3) is 0 Å². The second-order valence-corrected chi connectivity index (χ2v) is 4.14. The van der Waals surface area contributed by atoms with E-state index < -0.39 is 0 Å². The van der Waals surface area contributed by atoms with Crippen molar-refractivity contribution in [1.82, 2.24) is 0 Å². The average Bonchev–Trinajstić information content (AvgIpc) is 2.14. The molecule has 1 saturated carbocycles. The van der Waals surface area contributed by atoms with Crippen molar-refractivity contribution in [3.63, 3.8) is 0 Å². The Morgan fingerprint density at radius 2 is 2.23 bits per heavy atom. The molecule has 2 rings (SSSR count). The van der Waals surface area contributed by atoms with Gasteiger partial charge in [-0.05, 0) is 25.2 Å². The highest BCUT2D eigenvalue weighted by atomic mass is 16.1. The molecule has 68 valence electrons. The molecule has 1 fully saturated rings. The molecule has 2 heteroatoms. The summed E-state index contributed by atoms with van der Waals surface area (Å²) >= 11 is 0. The van der Waals surface area contributed by atoms with Crippen LogP contribution in [0.2, 0.25) is 0 Å². The van der Waals surface area contributed by atoms with Crippen LogP contribution in [-0.4, -0.2) is 5.78 Å². The zero-order valence-electron chi connectivity index (χ0n) is 7.62. The minimum absolute atomic E-state index is 0.260. The van der Waals surface area contributed by atoms with E-state index in [9.17, 15) is 4.79 Å². The van der Waals surface area contributed by atoms with E-state index in [4.69, 9.17) is 5.26 Å². The van der Waals surface area contributed by atoms with Gasteiger partial charge in [0, 0.05) is 12.8 Å². The number of hydrogen-bond acceptors (Lipinski definition) is 2. The molecule has 0 spiro atoms. The third-order valence-corrected chi connectivity index (χ3v) is 3.30. The van der Waals surface area contributed by atoms with Crippen molar-refractivity contribution in [3.8, 4) is 6.07 Å². The van der Waals surface area contributed by atoms with Crippen LogP contribution in [0.3, 0.4) is 0 Å². The molecule has 0 bridgehead atoms. The summed E-state index contributed by atoms with van der Waals surface area (Å²) in [5, 5.41) is 9.08. The van der Waals surface area contributed by atoms with Gasteiger partial charge in [-0.3, -0.25) is 4.79 Å². The minimum atomic E-state index is -0.290. The van der Waals surface area contributed by atoms with Crippen LogP contribution in [0.4, 0.5) is 0 Å². The highest BCUT2D eigenvalue weighted by molar-refractivity contribution is 5.87. The third-order valence-electron chi connectivity index (χ3n) is 3.30. The number of hydrogen-bond donors (Lipinski definition) is 0. The Kier molecular flexibility index (Phi) is 1.95. The highest BCUT2D eigenvalue weighted by Gasteiger charge is 2.49. The van der Waals surface area contributed by atoms with E-state index in [1.807, 2.05) is 0 Å². The highest BCUT2D eigenvalue weighted by Crippen LogP contribution is 2.48. The summed E-state index contributed by atoms with van der Waals surface area (Å²) in [5.41, 5.74) is -0.290. The van der Waals surface area contributed by atoms with E-state index in [1.165, 1.54) is 0 Å². The standard InChI is InChI=1S/C11H13NO/c12-8-11(6-10(13)7-11)9-4-2-1-3-5-9/h1-2,9H,3-7H2. The summed E-state index contributed by atoms with van der Waals surface area (Å²) in [6.45, 7) is 0. The normalized spacial score (nSPS) is 30.7. The van der Waals surface area contributed by atoms with Gasteiger partial charge < -0.3 is 0 Å². The molecule has 0 aromatic rings. The van der Waals surface area contributed by atoms with Gasteiger partial charge >= 0.3 is 0 Å². The van der Waals surface area contributed by atoms with Crippen molar-refractivity contribution in [2.45, 2.75) is 32.1 Å². The maximum atomic E-state index is 10.9. The predicted molar refractivity (Wildman–Crippen MR) is 48.8 cm³/mol. The molecule has 0 saturated heterocycles. The van der Waals surface area contributed by atoms with Crippen molar-refractivity contribution < 1.29 is 4.79 Å². The van der Waals surface area contributed by atoms with Crippen LogP contribution < -0.4 is 0 Å². The average molecular weight is 175 g/mol. The molecule has 2 aliphatic carbocycles. The van der Waals surface area contributed by atoms with Gasteiger partial charge in [-0.1, -0.05) is 12.2 Å². The Hall–Kier alpha value is -1.10. The summed E-state index contributed by atoms with van der Waals surface area (Å²) in [4.78, 5) is 10.9. The van der Waals surface area contributed by atoms with Gasteiger partial charge in [0.05, 0.1) is 11.5 Å². The number of Topliss-reactive ketones (excluding diaryl/α,β-unsaturated/α-hetero) is 1. The van der Waals surface area contributed by atoms with Gasteiger partial charge in [0.15, 0.2) is 0 Å². The summed E-state index contributed by atoms with van der Waals surface area (Å²) in [7, 11) is 0. The maximum Gasteiger partial charge on any atom is 0.136 e. The summed E-state index contributed by atoms with van der Waals surface area (Å²) in [6.07, 6.45) is 8.46. The molecular formula is C11H13NO. The van der Waals surface area contributed by atoms with Crippen LogP contribution in [0.1, 0.15) is 32.1 Å². The molecule has 0 heterocycles. The van der Waals surface area contributed by atoms with Crippen LogP contribution in [-0.2, 0) is 4.79 Å². The molecule has 1 unspecified atom stereocenters. The monoisotopic (exact) mass is 175 g/mol. The molecule has 0 aromatic heterocycles. The lowest BCUT2D eigenvalue weighted by Crippen LogP contribution is -2.42. The molecule has 0 aromatic carbocycles. The zero-order valence-corrected chi connectivity index (χ0v) is 7.62. The molecule has 0 N–H and O–H groups in total. The fourth-order valence-corrected chi connectivity index (χ4v) is 2.41. The van der Waals surface area contributed by atoms with Gasteiger partial charge in [-0.25, -0.2) is 0 Å². The molecule has 13 heavy (non-hydrogen) atoms. The fraction of sp³-hybridized carbons (Fsp3) is 0.636. The van der Waals surface area contributed by atoms with Crippen LogP contribution in [0.15, 0.2) is 12.2 Å². The Bertz CT molecular complexity index is 290. The first kappa shape index (κ1) is 8.50. The third kappa shape index (κ3) is 1.29. The molecule has 2 aliphatic rings. The number of allylic oxidation sites excluding steroid dienone is 2. The summed E-state index contributed by atoms with van der Waals surface area (Å²) in [6, 6.07) is 2.36. The Morgan fingerprint density at radius 1 is 1.46 bits per heavy atom. The van der Waals surface area contributed by atoms with E-state index in [2.05, 4.69) is 18.2 Å². The lowest BCUT2D eigenvalue weighted by atomic mass is 9.58. The van der Waals surface area contributed by atoms with Crippen LogP contribution in [0, 0.1) is 22.7 Å². The van der Waals surface area contributed by atoms with Crippen molar-refractivity contribution in [3.05, 3.63) is 12.2 Å². The number of carbonyl (C=O) groups is 1. The number of ketones is 1. The Labute approximate surface area is 78.2 Å². The van der Waals surface area contributed by atoms with Crippen molar-refractivity contribution >= 4 is 5.78 Å². The maximum absolute atomic E-state index is 10.9. The zero-order chi connectivity index (χ0) is 9.31. The Morgan fingerprint density at radius 3 is 2.69 bits per heavy atom. The molecule has 0 amide bonds. The van der Waals surface area contributed by atoms with Gasteiger partial charge in [-0.15, -0.1) is 0 Å². The first-order valence-electron chi connectivity index (χ1n) is 4.85. The largest absolute Gasteiger partial charge is 0.300 e. The lowest BCUT2D eigenvalue weighted by molar-refractivity contribution is -0.132. The summed E-state index contributed by atoms with van der Waals surface area (Å²) < 4.78 is 0. The smallest absolute Gasteiger partial charge is 0.136 e. The topological polar surface area (TPSA) is 40.9 Å². The summed E-state index contributed by atoms with van der Waals surface area (Å²) in [5.74, 6) is 0.691. The van der Waals surface area contributed by atoms with Crippen molar-refractivity contribution in [2.24, 2.45) is 11.3 Å². The SMILES string of the molecule is N#CC1(C2CC=CCC2)CC(=O)C1. The molecule has 1 atom stereocenters. The molecular weight excluding hydrogens is 162 g/mol. The second-order valence-electron chi connectivity index (χ2n) is 4.14. The Balaban J connectivity index is 2.10. The number of carbonyl (C=O) groups excluding carboxylic acids is 1. The van der Waals surface area contributed by atoms with Crippen LogP contribution in [0.25, 0.3) is 0 Å². The van der Waals surface area contributed by atoms with Crippen molar-refractivity contribution in [2.75, 3.05) is 0 Å². The quantitative estimate of drug-likeness (QED) is 0.573. The van der Waals surface area contributed by atoms with E-state index in [0.29, 0.717) is 18.8 Å². The van der Waals surface area contributed by atoms with E-state index in [1.54, 1.807) is 0 Å². The first-order chi connectivity index (χ1) is 6.27. The minimum Gasteiger partial charge on any atom is -0.300 e. The van der Waals surface area contributed by atoms with E-state index in [-0.39, 0.29) is 11.2 Å². The van der Waals surface area contributed by atoms with E-state index in [0.717, 1.165) is 19.3 Å². The van der Waals surface area contributed by atoms with Crippen molar-refractivity contribution in [1.29, 1.82) is 5.26 Å². The predicted octanol–water partition coefficient (Wildman–Crippen LogP) is 2.22. The van der Waals surface area contributed by atoms with Gasteiger partial charge in [0.2, 0.25) is 0 Å². The molecule has 0 radical (unpaired) electrons. The second kappa shape index (κ2) is 2.99. The van der Waals surface area contributed by atoms with E-state index >= 15 is 0 Å². The number of rotatable bonds is 1. The number of nitrogens with zero attached hydrogens (tertiary/aromatic N) is 1. The molecule has 0 aliphatic heterocycles. The van der Waals surface area contributed by atoms with Crippen LogP contribution in [0.5, 0.6) is 0 Å². The van der Waals surface area contributed by atoms with Crippen LogP contribution >= 0.6 is 0 Å². The number of nitriles is 1. The fourth-order valence-electron chi connectivity index (χ4n) is 2.41. The lowest BCUT2D eigenvalue weighted by Gasteiger charge is -2.41. The molecule has 2 nitrogen and oxygen atoms in total. The first-order valence-corrected chi connectivity index (χ1v) is 4.85. The van der Waals surface area contributed by atoms with Gasteiger partial charge in [-0.2, -0.15) is 5.26 Å².